The summed E-state index contributed by atoms with van der Waals surface area (Å²) in [6, 6.07) is 4.03. The van der Waals surface area contributed by atoms with E-state index in [9.17, 15) is 0 Å². The van der Waals surface area contributed by atoms with Crippen LogP contribution in [0.4, 0.5) is 0 Å². The van der Waals surface area contributed by atoms with Gasteiger partial charge in [-0.15, -0.1) is 0 Å². The van der Waals surface area contributed by atoms with E-state index in [0.29, 0.717) is 0 Å². The summed E-state index contributed by atoms with van der Waals surface area (Å²) in [6.45, 7) is 2.66. The maximum atomic E-state index is 6.03. The number of nitrogens with two attached hydrogens (primary N) is 1. The lowest BCUT2D eigenvalue weighted by atomic mass is 10.1. The molecule has 4 nitrogen and oxygen atoms in total. The minimum Gasteiger partial charge on any atom is -0.376 e. The van der Waals surface area contributed by atoms with Gasteiger partial charge in [-0.1, -0.05) is 0 Å². The Balaban J connectivity index is 1.84. The first kappa shape index (κ1) is 9.71. The van der Waals surface area contributed by atoms with Crippen LogP contribution in [0.3, 0.4) is 0 Å². The molecule has 1 fully saturated rings. The van der Waals surface area contributed by atoms with Gasteiger partial charge in [0.1, 0.15) is 0 Å². The van der Waals surface area contributed by atoms with Gasteiger partial charge in [0, 0.05) is 31.0 Å². The zero-order chi connectivity index (χ0) is 9.80. The van der Waals surface area contributed by atoms with Gasteiger partial charge in [0.15, 0.2) is 0 Å². The van der Waals surface area contributed by atoms with E-state index in [-0.39, 0.29) is 12.1 Å². The Morgan fingerprint density at radius 1 is 1.64 bits per heavy atom. The van der Waals surface area contributed by atoms with E-state index in [0.717, 1.165) is 31.8 Å². The molecule has 0 spiro atoms. The number of hydrogen-bond donors (Lipinski definition) is 3. The molecule has 4 heteroatoms. The number of hydrogen-bond acceptors (Lipinski definition) is 3. The van der Waals surface area contributed by atoms with Crippen molar-refractivity contribution in [3.63, 3.8) is 0 Å². The molecule has 2 rings (SSSR count). The minimum absolute atomic E-state index is 0.0508. The maximum absolute atomic E-state index is 6.03. The van der Waals surface area contributed by atoms with Gasteiger partial charge in [-0.2, -0.15) is 0 Å². The standard InChI is InChI=1S/C10H17N3O/c11-9(10-2-1-3-13-10)6-8-7-12-4-5-14-8/h1-3,8-9,12-13H,4-7,11H2. The van der Waals surface area contributed by atoms with Gasteiger partial charge in [-0.25, -0.2) is 0 Å². The second-order valence-corrected chi connectivity index (χ2v) is 3.66. The predicted octanol–water partition coefficient (Wildman–Crippen LogP) is 0.393. The van der Waals surface area contributed by atoms with Crippen molar-refractivity contribution >= 4 is 0 Å². The first-order chi connectivity index (χ1) is 6.86. The lowest BCUT2D eigenvalue weighted by Gasteiger charge is -2.25. The largest absolute Gasteiger partial charge is 0.376 e. The van der Waals surface area contributed by atoms with Crippen molar-refractivity contribution in [2.45, 2.75) is 18.6 Å². The summed E-state index contributed by atoms with van der Waals surface area (Å²) in [6.07, 6.45) is 3.02. The number of H-pyrrole nitrogens is 1. The van der Waals surface area contributed by atoms with Gasteiger partial charge in [0.2, 0.25) is 0 Å². The van der Waals surface area contributed by atoms with E-state index in [2.05, 4.69) is 10.3 Å². The van der Waals surface area contributed by atoms with Crippen molar-refractivity contribution in [2.75, 3.05) is 19.7 Å². The third-order valence-corrected chi connectivity index (χ3v) is 2.54. The number of nitrogens with one attached hydrogen (secondary N) is 2. The van der Waals surface area contributed by atoms with E-state index < -0.39 is 0 Å². The fourth-order valence-electron chi connectivity index (χ4n) is 1.76. The van der Waals surface area contributed by atoms with Crippen molar-refractivity contribution in [3.8, 4) is 0 Å². The molecule has 14 heavy (non-hydrogen) atoms. The molecule has 1 aromatic heterocycles. The third kappa shape index (κ3) is 2.35. The molecule has 0 bridgehead atoms. The molecule has 4 N–H and O–H groups in total. The van der Waals surface area contributed by atoms with Crippen LogP contribution in [0.25, 0.3) is 0 Å². The first-order valence-electron chi connectivity index (χ1n) is 5.07. The Bertz CT molecular complexity index is 254. The van der Waals surface area contributed by atoms with Crippen LogP contribution in [0.15, 0.2) is 18.3 Å². The topological polar surface area (TPSA) is 63.1 Å². The van der Waals surface area contributed by atoms with Gasteiger partial charge < -0.3 is 20.8 Å². The summed E-state index contributed by atoms with van der Waals surface area (Å²) < 4.78 is 5.59. The molecule has 78 valence electrons. The van der Waals surface area contributed by atoms with Crippen LogP contribution in [0, 0.1) is 0 Å². The molecule has 0 saturated carbocycles. The number of rotatable bonds is 3. The fourth-order valence-corrected chi connectivity index (χ4v) is 1.76. The van der Waals surface area contributed by atoms with Crippen molar-refractivity contribution < 1.29 is 4.74 Å². The summed E-state index contributed by atoms with van der Waals surface area (Å²) in [5, 5.41) is 3.29. The highest BCUT2D eigenvalue weighted by Crippen LogP contribution is 2.15. The molecule has 1 aliphatic rings. The number of aromatic amines is 1. The summed E-state index contributed by atoms with van der Waals surface area (Å²) in [7, 11) is 0. The van der Waals surface area contributed by atoms with Crippen molar-refractivity contribution in [1.82, 2.24) is 10.3 Å². The van der Waals surface area contributed by atoms with Crippen LogP contribution >= 0.6 is 0 Å². The van der Waals surface area contributed by atoms with Gasteiger partial charge >= 0.3 is 0 Å². The van der Waals surface area contributed by atoms with Crippen molar-refractivity contribution in [1.29, 1.82) is 0 Å². The average molecular weight is 195 g/mol. The monoisotopic (exact) mass is 195 g/mol. The fraction of sp³-hybridized carbons (Fsp3) is 0.600. The first-order valence-corrected chi connectivity index (χ1v) is 5.07. The number of morpholine rings is 1. The molecule has 1 saturated heterocycles. The van der Waals surface area contributed by atoms with Gasteiger partial charge in [-0.3, -0.25) is 0 Å². The molecule has 0 aromatic carbocycles. The van der Waals surface area contributed by atoms with Crippen molar-refractivity contribution in [3.05, 3.63) is 24.0 Å². The summed E-state index contributed by atoms with van der Waals surface area (Å²) in [5.41, 5.74) is 7.11. The molecule has 2 unspecified atom stereocenters. The third-order valence-electron chi connectivity index (χ3n) is 2.54. The Labute approximate surface area is 83.8 Å². The van der Waals surface area contributed by atoms with E-state index in [1.807, 2.05) is 18.3 Å². The molecular weight excluding hydrogens is 178 g/mol. The minimum atomic E-state index is 0.0508. The average Bonchev–Trinajstić information content (AvgIpc) is 2.72. The quantitative estimate of drug-likeness (QED) is 0.654. The lowest BCUT2D eigenvalue weighted by Crippen LogP contribution is -2.40. The predicted molar refractivity (Wildman–Crippen MR) is 54.9 cm³/mol. The van der Waals surface area contributed by atoms with Crippen LogP contribution in [-0.2, 0) is 4.74 Å². The Morgan fingerprint density at radius 2 is 2.57 bits per heavy atom. The Hall–Kier alpha value is -0.840. The Kier molecular flexibility index (Phi) is 3.18. The normalized spacial score (nSPS) is 24.8. The number of aromatic nitrogens is 1. The highest BCUT2D eigenvalue weighted by Gasteiger charge is 2.18. The Morgan fingerprint density at radius 3 is 3.21 bits per heavy atom. The zero-order valence-corrected chi connectivity index (χ0v) is 8.20. The van der Waals surface area contributed by atoms with Crippen molar-refractivity contribution in [2.24, 2.45) is 5.73 Å². The van der Waals surface area contributed by atoms with Crippen LogP contribution in [-0.4, -0.2) is 30.8 Å². The maximum Gasteiger partial charge on any atom is 0.0718 e. The van der Waals surface area contributed by atoms with Gasteiger partial charge in [0.25, 0.3) is 0 Å². The summed E-state index contributed by atoms with van der Waals surface area (Å²) >= 11 is 0. The molecule has 2 atom stereocenters. The molecule has 1 aliphatic heterocycles. The van der Waals surface area contributed by atoms with E-state index >= 15 is 0 Å². The van der Waals surface area contributed by atoms with Crippen LogP contribution in [0.1, 0.15) is 18.2 Å². The lowest BCUT2D eigenvalue weighted by molar-refractivity contribution is 0.0193. The zero-order valence-electron chi connectivity index (χ0n) is 8.20. The SMILES string of the molecule is NC(CC1CNCCO1)c1ccc[nH]1. The second kappa shape index (κ2) is 4.59. The van der Waals surface area contributed by atoms with Crippen LogP contribution in [0.5, 0.6) is 0 Å². The summed E-state index contributed by atoms with van der Waals surface area (Å²) in [5.74, 6) is 0. The highest BCUT2D eigenvalue weighted by molar-refractivity contribution is 5.08. The van der Waals surface area contributed by atoms with E-state index in [4.69, 9.17) is 10.5 Å². The highest BCUT2D eigenvalue weighted by atomic mass is 16.5. The molecule has 0 amide bonds. The molecule has 2 heterocycles. The summed E-state index contributed by atoms with van der Waals surface area (Å²) in [4.78, 5) is 3.13. The molecule has 1 aromatic rings. The van der Waals surface area contributed by atoms with Gasteiger partial charge in [-0.05, 0) is 18.6 Å². The number of ether oxygens (including phenoxy) is 1. The van der Waals surface area contributed by atoms with Crippen LogP contribution < -0.4 is 11.1 Å². The molecular formula is C10H17N3O. The smallest absolute Gasteiger partial charge is 0.0718 e. The van der Waals surface area contributed by atoms with Gasteiger partial charge in [0.05, 0.1) is 12.7 Å². The van der Waals surface area contributed by atoms with E-state index in [1.165, 1.54) is 0 Å². The molecule has 0 aliphatic carbocycles. The van der Waals surface area contributed by atoms with E-state index in [1.54, 1.807) is 0 Å². The van der Waals surface area contributed by atoms with Crippen LogP contribution in [0.2, 0.25) is 0 Å². The second-order valence-electron chi connectivity index (χ2n) is 3.66. The molecule has 0 radical (unpaired) electrons.